The smallest absolute Gasteiger partial charge is 0.286 e. The maximum Gasteiger partial charge on any atom is 0.286 e. The Balaban J connectivity index is 2.26. The average Bonchev–Trinajstić information content (AvgIpc) is 2.59. The predicted octanol–water partition coefficient (Wildman–Crippen LogP) is 3.20. The van der Waals surface area contributed by atoms with Crippen molar-refractivity contribution >= 4 is 23.2 Å². The van der Waals surface area contributed by atoms with Crippen LogP contribution in [0.4, 0.5) is 5.69 Å². The van der Waals surface area contributed by atoms with Crippen LogP contribution in [0.3, 0.4) is 0 Å². The highest BCUT2D eigenvalue weighted by atomic mass is 35.5. The summed E-state index contributed by atoms with van der Waals surface area (Å²) in [4.78, 5) is 22.9. The van der Waals surface area contributed by atoms with E-state index in [2.05, 4.69) is 5.32 Å². The van der Waals surface area contributed by atoms with Crippen molar-refractivity contribution in [1.82, 2.24) is 5.32 Å². The quantitative estimate of drug-likeness (QED) is 0.638. The van der Waals surface area contributed by atoms with Crippen LogP contribution >= 0.6 is 11.6 Å². The van der Waals surface area contributed by atoms with Crippen LogP contribution in [0.5, 0.6) is 11.5 Å². The minimum atomic E-state index is -0.640. The number of amides is 1. The molecular formula is C16H15ClN2O5. The summed E-state index contributed by atoms with van der Waals surface area (Å²) in [6, 6.07) is 9.35. The molecule has 0 aromatic heterocycles. The van der Waals surface area contributed by atoms with Gasteiger partial charge in [-0.15, -0.1) is 0 Å². The third-order valence-corrected chi connectivity index (χ3v) is 3.56. The number of benzene rings is 2. The third-order valence-electron chi connectivity index (χ3n) is 3.31. The molecule has 0 saturated carbocycles. The Bertz CT molecular complexity index is 762. The molecular weight excluding hydrogens is 336 g/mol. The first-order valence-electron chi connectivity index (χ1n) is 6.89. The zero-order valence-electron chi connectivity index (χ0n) is 13.0. The Morgan fingerprint density at radius 2 is 1.75 bits per heavy atom. The van der Waals surface area contributed by atoms with Gasteiger partial charge < -0.3 is 14.8 Å². The van der Waals surface area contributed by atoms with Crippen LogP contribution in [0.15, 0.2) is 36.4 Å². The topological polar surface area (TPSA) is 90.7 Å². The Labute approximate surface area is 143 Å². The van der Waals surface area contributed by atoms with Gasteiger partial charge in [-0.05, 0) is 17.7 Å². The lowest BCUT2D eigenvalue weighted by atomic mass is 10.1. The van der Waals surface area contributed by atoms with Crippen LogP contribution in [0.2, 0.25) is 5.02 Å². The van der Waals surface area contributed by atoms with Crippen molar-refractivity contribution < 1.29 is 19.2 Å². The molecule has 0 radical (unpaired) electrons. The van der Waals surface area contributed by atoms with E-state index in [1.54, 1.807) is 24.3 Å². The van der Waals surface area contributed by atoms with Crippen molar-refractivity contribution in [3.63, 3.8) is 0 Å². The van der Waals surface area contributed by atoms with Crippen molar-refractivity contribution in [2.75, 3.05) is 14.2 Å². The van der Waals surface area contributed by atoms with Gasteiger partial charge in [-0.3, -0.25) is 14.9 Å². The van der Waals surface area contributed by atoms with Gasteiger partial charge in [-0.25, -0.2) is 0 Å². The number of hydrogen-bond acceptors (Lipinski definition) is 5. The first-order chi connectivity index (χ1) is 11.5. The number of ether oxygens (including phenoxy) is 2. The predicted molar refractivity (Wildman–Crippen MR) is 88.8 cm³/mol. The van der Waals surface area contributed by atoms with E-state index >= 15 is 0 Å². The molecule has 8 heteroatoms. The fourth-order valence-electron chi connectivity index (χ4n) is 2.08. The number of hydrogen-bond donors (Lipinski definition) is 1. The molecule has 0 atom stereocenters. The van der Waals surface area contributed by atoms with Gasteiger partial charge in [0.1, 0.15) is 5.56 Å². The molecule has 0 unspecified atom stereocenters. The molecule has 2 aromatic carbocycles. The number of carbonyl (C=O) groups excluding carboxylic acids is 1. The second-order valence-corrected chi connectivity index (χ2v) is 5.23. The minimum absolute atomic E-state index is 0.105. The van der Waals surface area contributed by atoms with Gasteiger partial charge in [0.25, 0.3) is 11.6 Å². The highest BCUT2D eigenvalue weighted by molar-refractivity contribution is 6.30. The Morgan fingerprint density at radius 1 is 1.17 bits per heavy atom. The average molecular weight is 351 g/mol. The monoisotopic (exact) mass is 350 g/mol. The van der Waals surface area contributed by atoms with Gasteiger partial charge in [0, 0.05) is 17.6 Å². The number of carbonyl (C=O) groups is 1. The fraction of sp³-hybridized carbons (Fsp3) is 0.188. The van der Waals surface area contributed by atoms with Crippen molar-refractivity contribution in [3.8, 4) is 11.5 Å². The molecule has 0 saturated heterocycles. The summed E-state index contributed by atoms with van der Waals surface area (Å²) in [5, 5.41) is 14.4. The zero-order chi connectivity index (χ0) is 17.7. The summed E-state index contributed by atoms with van der Waals surface area (Å²) in [6.45, 7) is 0.210. The molecule has 0 aliphatic rings. The van der Waals surface area contributed by atoms with Crippen molar-refractivity contribution in [3.05, 3.63) is 62.7 Å². The molecule has 0 heterocycles. The fourth-order valence-corrected chi connectivity index (χ4v) is 2.21. The van der Waals surface area contributed by atoms with Gasteiger partial charge >= 0.3 is 0 Å². The van der Waals surface area contributed by atoms with E-state index in [0.29, 0.717) is 5.02 Å². The maximum atomic E-state index is 12.3. The van der Waals surface area contributed by atoms with Gasteiger partial charge in [0.2, 0.25) is 0 Å². The van der Waals surface area contributed by atoms with E-state index < -0.39 is 10.8 Å². The minimum Gasteiger partial charge on any atom is -0.493 e. The molecule has 1 N–H and O–H groups in total. The van der Waals surface area contributed by atoms with E-state index in [-0.39, 0.29) is 29.3 Å². The maximum absolute atomic E-state index is 12.3. The molecule has 24 heavy (non-hydrogen) atoms. The third kappa shape index (κ3) is 3.94. The molecule has 0 bridgehead atoms. The van der Waals surface area contributed by atoms with Crippen LogP contribution < -0.4 is 14.8 Å². The molecule has 0 aliphatic heterocycles. The van der Waals surface area contributed by atoms with Crippen LogP contribution in [0.1, 0.15) is 15.9 Å². The summed E-state index contributed by atoms with van der Waals surface area (Å²) in [5.41, 5.74) is 0.351. The van der Waals surface area contributed by atoms with E-state index in [1.807, 2.05) is 0 Å². The van der Waals surface area contributed by atoms with Gasteiger partial charge in [-0.1, -0.05) is 23.7 Å². The summed E-state index contributed by atoms with van der Waals surface area (Å²) >= 11 is 5.80. The summed E-state index contributed by atoms with van der Waals surface area (Å²) in [5.74, 6) is -0.171. The Hall–Kier alpha value is -2.80. The second kappa shape index (κ2) is 7.65. The first kappa shape index (κ1) is 17.6. The molecule has 0 fully saturated rings. The number of methoxy groups -OCH3 is 2. The number of nitrogens with zero attached hydrogens (tertiary/aromatic N) is 1. The molecule has 126 valence electrons. The summed E-state index contributed by atoms with van der Waals surface area (Å²) in [6.07, 6.45) is 0. The van der Waals surface area contributed by atoms with Gasteiger partial charge in [0.05, 0.1) is 25.2 Å². The van der Waals surface area contributed by atoms with E-state index in [4.69, 9.17) is 21.1 Å². The lowest BCUT2D eigenvalue weighted by Gasteiger charge is -2.11. The van der Waals surface area contributed by atoms with Crippen LogP contribution in [-0.4, -0.2) is 25.1 Å². The largest absolute Gasteiger partial charge is 0.493 e. The SMILES string of the molecule is COc1cc(C(=O)NCc2ccc(Cl)cc2)c([N+](=O)[O-])cc1OC. The normalized spacial score (nSPS) is 10.1. The van der Waals surface area contributed by atoms with Crippen LogP contribution in [-0.2, 0) is 6.54 Å². The molecule has 7 nitrogen and oxygen atoms in total. The highest BCUT2D eigenvalue weighted by Crippen LogP contribution is 2.34. The van der Waals surface area contributed by atoms with Crippen molar-refractivity contribution in [1.29, 1.82) is 0 Å². The van der Waals surface area contributed by atoms with Gasteiger partial charge in [-0.2, -0.15) is 0 Å². The standard InChI is InChI=1S/C16H15ClN2O5/c1-23-14-7-12(13(19(21)22)8-15(14)24-2)16(20)18-9-10-3-5-11(17)6-4-10/h3-8H,9H2,1-2H3,(H,18,20). The Kier molecular flexibility index (Phi) is 5.59. The summed E-state index contributed by atoms with van der Waals surface area (Å²) in [7, 11) is 2.75. The Morgan fingerprint density at radius 3 is 2.29 bits per heavy atom. The van der Waals surface area contributed by atoms with E-state index in [0.717, 1.165) is 11.6 Å². The van der Waals surface area contributed by atoms with E-state index in [1.165, 1.54) is 20.3 Å². The molecule has 2 aromatic rings. The number of rotatable bonds is 6. The zero-order valence-corrected chi connectivity index (χ0v) is 13.8. The van der Waals surface area contributed by atoms with Crippen molar-refractivity contribution in [2.24, 2.45) is 0 Å². The van der Waals surface area contributed by atoms with Gasteiger partial charge in [0.15, 0.2) is 11.5 Å². The number of nitrogens with one attached hydrogen (secondary N) is 1. The van der Waals surface area contributed by atoms with Crippen LogP contribution in [0, 0.1) is 10.1 Å². The molecule has 0 spiro atoms. The number of nitro groups is 1. The van der Waals surface area contributed by atoms with E-state index in [9.17, 15) is 14.9 Å². The molecule has 2 rings (SSSR count). The number of halogens is 1. The molecule has 0 aliphatic carbocycles. The lowest BCUT2D eigenvalue weighted by Crippen LogP contribution is -2.23. The first-order valence-corrected chi connectivity index (χ1v) is 7.27. The lowest BCUT2D eigenvalue weighted by molar-refractivity contribution is -0.385. The number of nitro benzene ring substituents is 1. The van der Waals surface area contributed by atoms with Crippen LogP contribution in [0.25, 0.3) is 0 Å². The second-order valence-electron chi connectivity index (χ2n) is 4.79. The van der Waals surface area contributed by atoms with Crippen molar-refractivity contribution in [2.45, 2.75) is 6.54 Å². The highest BCUT2D eigenvalue weighted by Gasteiger charge is 2.24. The molecule has 1 amide bonds. The summed E-state index contributed by atoms with van der Waals surface area (Å²) < 4.78 is 10.1.